The smallest absolute Gasteiger partial charge is 0.411 e. The molecule has 1 aromatic heterocycles. The van der Waals surface area contributed by atoms with Gasteiger partial charge in [0.05, 0.1) is 16.7 Å². The van der Waals surface area contributed by atoms with Crippen LogP contribution in [0.25, 0.3) is 21.8 Å². The van der Waals surface area contributed by atoms with Gasteiger partial charge in [-0.3, -0.25) is 5.32 Å². The number of amides is 1. The van der Waals surface area contributed by atoms with E-state index in [4.69, 9.17) is 15.5 Å². The summed E-state index contributed by atoms with van der Waals surface area (Å²) in [6, 6.07) is 20.0. The van der Waals surface area contributed by atoms with Gasteiger partial charge in [-0.2, -0.15) is 0 Å². The van der Waals surface area contributed by atoms with Gasteiger partial charge in [-0.25, -0.2) is 18.6 Å². The monoisotopic (exact) mass is 498 g/mol. The summed E-state index contributed by atoms with van der Waals surface area (Å²) >= 11 is 0. The Labute approximate surface area is 212 Å². The van der Waals surface area contributed by atoms with Crippen molar-refractivity contribution in [1.82, 2.24) is 4.98 Å². The van der Waals surface area contributed by atoms with Crippen LogP contribution in [0.3, 0.4) is 0 Å². The number of pyridine rings is 1. The van der Waals surface area contributed by atoms with Crippen molar-refractivity contribution in [1.29, 1.82) is 0 Å². The number of aromatic nitrogens is 1. The van der Waals surface area contributed by atoms with Crippen molar-refractivity contribution in [2.24, 2.45) is 0 Å². The number of carbonyl (C=O) groups is 1. The predicted molar refractivity (Wildman–Crippen MR) is 143 cm³/mol. The number of halogens is 2. The second-order valence-corrected chi connectivity index (χ2v) is 8.86. The summed E-state index contributed by atoms with van der Waals surface area (Å²) in [5.74, 6) is -1.60. The average Bonchev–Trinajstić information content (AvgIpc) is 2.84. The van der Waals surface area contributed by atoms with Crippen molar-refractivity contribution >= 4 is 50.6 Å². The first kappa shape index (κ1) is 24.0. The summed E-state index contributed by atoms with van der Waals surface area (Å²) in [5, 5.41) is 7.75. The zero-order chi connectivity index (χ0) is 26.1. The van der Waals surface area contributed by atoms with Gasteiger partial charge in [-0.1, -0.05) is 30.3 Å². The number of ether oxygens (including phenoxy) is 1. The highest BCUT2D eigenvalue weighted by molar-refractivity contribution is 6.09. The van der Waals surface area contributed by atoms with E-state index in [9.17, 15) is 13.6 Å². The van der Waals surface area contributed by atoms with Crippen LogP contribution in [0, 0.1) is 25.5 Å². The molecule has 0 aliphatic carbocycles. The zero-order valence-electron chi connectivity index (χ0n) is 20.2. The Morgan fingerprint density at radius 3 is 2.46 bits per heavy atom. The second-order valence-electron chi connectivity index (χ2n) is 8.86. The minimum atomic E-state index is -0.848. The van der Waals surface area contributed by atoms with Crippen molar-refractivity contribution in [3.63, 3.8) is 0 Å². The highest BCUT2D eigenvalue weighted by Crippen LogP contribution is 2.35. The molecule has 0 bridgehead atoms. The van der Waals surface area contributed by atoms with E-state index in [0.29, 0.717) is 16.9 Å². The lowest BCUT2D eigenvalue weighted by molar-refractivity contribution is 0.155. The Hall–Kier alpha value is -4.72. The van der Waals surface area contributed by atoms with E-state index >= 15 is 0 Å². The topological polar surface area (TPSA) is 89.3 Å². The van der Waals surface area contributed by atoms with Crippen molar-refractivity contribution in [2.45, 2.75) is 20.5 Å². The van der Waals surface area contributed by atoms with Crippen molar-refractivity contribution in [2.75, 3.05) is 16.4 Å². The number of nitrogen functional groups attached to an aromatic ring is 1. The van der Waals surface area contributed by atoms with E-state index in [1.165, 1.54) is 0 Å². The number of carbonyl (C=O) groups excluding carboxylic acids is 1. The van der Waals surface area contributed by atoms with Crippen molar-refractivity contribution in [3.05, 3.63) is 101 Å². The fourth-order valence-corrected chi connectivity index (χ4v) is 4.28. The molecule has 0 spiro atoms. The van der Waals surface area contributed by atoms with Gasteiger partial charge in [0.1, 0.15) is 18.2 Å². The molecular formula is C29H24F2N4O2. The van der Waals surface area contributed by atoms with Gasteiger partial charge in [-0.05, 0) is 66.9 Å². The number of nitrogens with one attached hydrogen (secondary N) is 2. The quantitative estimate of drug-likeness (QED) is 0.174. The third-order valence-corrected chi connectivity index (χ3v) is 6.14. The number of hydrogen-bond donors (Lipinski definition) is 3. The molecule has 5 aromatic rings. The SMILES string of the molecule is Cc1ccc2c(Nc3cc(N)cc(COC(=O)Nc4cc(F)cc(F)c4)c3)c3ccccc3nc2c1C. The first-order chi connectivity index (χ1) is 17.8. The molecule has 186 valence electrons. The largest absolute Gasteiger partial charge is 0.444 e. The molecule has 0 saturated carbocycles. The van der Waals surface area contributed by atoms with Gasteiger partial charge in [0, 0.05) is 33.9 Å². The average molecular weight is 499 g/mol. The van der Waals surface area contributed by atoms with Gasteiger partial charge in [0.2, 0.25) is 0 Å². The van der Waals surface area contributed by atoms with Crippen LogP contribution in [0.2, 0.25) is 0 Å². The van der Waals surface area contributed by atoms with Crippen LogP contribution in [0.5, 0.6) is 0 Å². The summed E-state index contributed by atoms with van der Waals surface area (Å²) in [5.41, 5.74) is 12.9. The Morgan fingerprint density at radius 2 is 1.68 bits per heavy atom. The van der Waals surface area contributed by atoms with Gasteiger partial charge >= 0.3 is 6.09 Å². The number of aryl methyl sites for hydroxylation is 2. The third kappa shape index (κ3) is 5.13. The fraction of sp³-hybridized carbons (Fsp3) is 0.103. The normalized spacial score (nSPS) is 11.0. The molecule has 1 amide bonds. The number of rotatable bonds is 5. The molecule has 4 N–H and O–H groups in total. The molecule has 0 radical (unpaired) electrons. The molecule has 0 unspecified atom stereocenters. The van der Waals surface area contributed by atoms with E-state index in [1.807, 2.05) is 30.3 Å². The first-order valence-electron chi connectivity index (χ1n) is 11.6. The number of fused-ring (bicyclic) bond motifs is 2. The second kappa shape index (κ2) is 9.73. The molecule has 4 aromatic carbocycles. The Morgan fingerprint density at radius 1 is 0.919 bits per heavy atom. The molecule has 0 aliphatic rings. The maximum absolute atomic E-state index is 13.4. The van der Waals surface area contributed by atoms with Crippen LogP contribution in [-0.2, 0) is 11.3 Å². The Kier molecular flexibility index (Phi) is 6.31. The summed E-state index contributed by atoms with van der Waals surface area (Å²) < 4.78 is 32.0. The van der Waals surface area contributed by atoms with E-state index in [0.717, 1.165) is 56.8 Å². The Balaban J connectivity index is 1.42. The minimum Gasteiger partial charge on any atom is -0.444 e. The zero-order valence-corrected chi connectivity index (χ0v) is 20.2. The number of nitrogens with two attached hydrogens (primary N) is 1. The van der Waals surface area contributed by atoms with Gasteiger partial charge in [0.15, 0.2) is 0 Å². The number of benzene rings is 4. The van der Waals surface area contributed by atoms with Gasteiger partial charge in [-0.15, -0.1) is 0 Å². The molecule has 0 atom stereocenters. The third-order valence-electron chi connectivity index (χ3n) is 6.14. The lowest BCUT2D eigenvalue weighted by Gasteiger charge is -2.16. The highest BCUT2D eigenvalue weighted by atomic mass is 19.1. The molecule has 0 fully saturated rings. The van der Waals surface area contributed by atoms with Crippen LogP contribution in [-0.4, -0.2) is 11.1 Å². The van der Waals surface area contributed by atoms with E-state index < -0.39 is 17.7 Å². The molecular weight excluding hydrogens is 474 g/mol. The van der Waals surface area contributed by atoms with Gasteiger partial charge < -0.3 is 15.8 Å². The Bertz CT molecular complexity index is 1650. The minimum absolute atomic E-state index is 0.0422. The van der Waals surface area contributed by atoms with E-state index in [1.54, 1.807) is 12.1 Å². The number of para-hydroxylation sites is 1. The first-order valence-corrected chi connectivity index (χ1v) is 11.6. The summed E-state index contributed by atoms with van der Waals surface area (Å²) in [4.78, 5) is 17.1. The lowest BCUT2D eigenvalue weighted by Crippen LogP contribution is -2.14. The standard InChI is InChI=1S/C29H24F2N4O2/c1-16-7-8-25-27(17(16)2)35-26-6-4-3-5-24(26)28(25)33-22-10-18(9-21(32)14-22)15-37-29(36)34-23-12-19(30)11-20(31)13-23/h3-14H,15,32H2,1-2H3,(H,33,35)(H,34,36). The number of anilines is 4. The lowest BCUT2D eigenvalue weighted by atomic mass is 10.0. The van der Waals surface area contributed by atoms with Crippen molar-refractivity contribution in [3.8, 4) is 0 Å². The van der Waals surface area contributed by atoms with Crippen LogP contribution in [0.15, 0.2) is 72.8 Å². The summed E-state index contributed by atoms with van der Waals surface area (Å²) in [6.45, 7) is 4.02. The van der Waals surface area contributed by atoms with Crippen LogP contribution in [0.1, 0.15) is 16.7 Å². The molecule has 0 aliphatic heterocycles. The summed E-state index contributed by atoms with van der Waals surface area (Å²) in [7, 11) is 0. The maximum Gasteiger partial charge on any atom is 0.411 e. The van der Waals surface area contributed by atoms with E-state index in [2.05, 4.69) is 36.6 Å². The van der Waals surface area contributed by atoms with E-state index in [-0.39, 0.29) is 12.3 Å². The van der Waals surface area contributed by atoms with Gasteiger partial charge in [0.25, 0.3) is 0 Å². The fourth-order valence-electron chi connectivity index (χ4n) is 4.28. The van der Waals surface area contributed by atoms with Crippen LogP contribution in [0.4, 0.5) is 36.3 Å². The molecule has 37 heavy (non-hydrogen) atoms. The molecule has 5 rings (SSSR count). The maximum atomic E-state index is 13.4. The number of hydrogen-bond acceptors (Lipinski definition) is 5. The molecule has 1 heterocycles. The molecule has 6 nitrogen and oxygen atoms in total. The van der Waals surface area contributed by atoms with Crippen LogP contribution >= 0.6 is 0 Å². The predicted octanol–water partition coefficient (Wildman–Crippen LogP) is 7.36. The highest BCUT2D eigenvalue weighted by Gasteiger charge is 2.13. The van der Waals surface area contributed by atoms with Crippen LogP contribution < -0.4 is 16.4 Å². The number of nitrogens with zero attached hydrogens (tertiary/aromatic N) is 1. The van der Waals surface area contributed by atoms with Crippen molar-refractivity contribution < 1.29 is 18.3 Å². The summed E-state index contributed by atoms with van der Waals surface area (Å²) in [6.07, 6.45) is -0.848. The molecule has 0 saturated heterocycles. The molecule has 8 heteroatoms.